The summed E-state index contributed by atoms with van der Waals surface area (Å²) in [4.78, 5) is 22.3. The Morgan fingerprint density at radius 2 is 1.65 bits per heavy atom. The molecule has 0 unspecified atom stereocenters. The zero-order valence-corrected chi connectivity index (χ0v) is 11.5. The van der Waals surface area contributed by atoms with Crippen LogP contribution in [0.3, 0.4) is 0 Å². The van der Waals surface area contributed by atoms with E-state index in [2.05, 4.69) is 4.74 Å². The zero-order valence-electron chi connectivity index (χ0n) is 11.5. The maximum absolute atomic E-state index is 11.2. The number of rotatable bonds is 6. The van der Waals surface area contributed by atoms with E-state index in [0.29, 0.717) is 17.1 Å². The molecule has 1 rings (SSSR count). The van der Waals surface area contributed by atoms with Crippen molar-refractivity contribution in [3.05, 3.63) is 29.3 Å². The predicted octanol–water partition coefficient (Wildman–Crippen LogP) is 1.73. The SMILES string of the molecule is COC(=O)CC(=Cc1cc(OC)cc(OC)c1)C(=O)O. The van der Waals surface area contributed by atoms with Gasteiger partial charge in [-0.15, -0.1) is 0 Å². The van der Waals surface area contributed by atoms with Gasteiger partial charge in [-0.3, -0.25) is 4.79 Å². The number of carboxylic acid groups (broad SMARTS) is 1. The average Bonchev–Trinajstić information content (AvgIpc) is 2.45. The number of benzene rings is 1. The molecular formula is C14H16O6. The number of hydrogen-bond acceptors (Lipinski definition) is 5. The second-order valence-corrected chi connectivity index (χ2v) is 3.87. The Morgan fingerprint density at radius 3 is 2.05 bits per heavy atom. The van der Waals surface area contributed by atoms with Crippen LogP contribution in [-0.4, -0.2) is 38.4 Å². The minimum Gasteiger partial charge on any atom is -0.497 e. The highest BCUT2D eigenvalue weighted by Crippen LogP contribution is 2.24. The van der Waals surface area contributed by atoms with Crippen LogP contribution in [0.4, 0.5) is 0 Å². The Kier molecular flexibility index (Phi) is 5.58. The molecule has 20 heavy (non-hydrogen) atoms. The summed E-state index contributed by atoms with van der Waals surface area (Å²) in [7, 11) is 4.19. The van der Waals surface area contributed by atoms with Crippen LogP contribution in [0.1, 0.15) is 12.0 Å². The molecular weight excluding hydrogens is 264 g/mol. The topological polar surface area (TPSA) is 82.1 Å². The molecule has 0 spiro atoms. The minimum atomic E-state index is -1.18. The summed E-state index contributed by atoms with van der Waals surface area (Å²) in [5, 5.41) is 9.09. The normalized spacial score (nSPS) is 10.8. The quantitative estimate of drug-likeness (QED) is 0.631. The fourth-order valence-electron chi connectivity index (χ4n) is 1.53. The fraction of sp³-hybridized carbons (Fsp3) is 0.286. The second kappa shape index (κ2) is 7.18. The maximum atomic E-state index is 11.2. The summed E-state index contributed by atoms with van der Waals surface area (Å²) >= 11 is 0. The molecule has 0 fully saturated rings. The minimum absolute atomic E-state index is 0.0767. The standard InChI is InChI=1S/C14H16O6/c1-18-11-5-9(6-12(8-11)19-2)4-10(14(16)17)7-13(15)20-3/h4-6,8H,7H2,1-3H3,(H,16,17). The molecule has 0 amide bonds. The van der Waals surface area contributed by atoms with Crippen LogP contribution in [0.2, 0.25) is 0 Å². The summed E-state index contributed by atoms with van der Waals surface area (Å²) in [5.74, 6) is -0.748. The third kappa shape index (κ3) is 4.31. The molecule has 0 saturated heterocycles. The predicted molar refractivity (Wildman–Crippen MR) is 71.8 cm³/mol. The van der Waals surface area contributed by atoms with Gasteiger partial charge in [-0.2, -0.15) is 0 Å². The Hall–Kier alpha value is -2.50. The molecule has 0 aliphatic rings. The van der Waals surface area contributed by atoms with E-state index in [4.69, 9.17) is 14.6 Å². The van der Waals surface area contributed by atoms with Crippen LogP contribution >= 0.6 is 0 Å². The van der Waals surface area contributed by atoms with E-state index in [9.17, 15) is 9.59 Å². The van der Waals surface area contributed by atoms with Gasteiger partial charge in [-0.1, -0.05) is 0 Å². The van der Waals surface area contributed by atoms with E-state index in [1.807, 2.05) is 0 Å². The van der Waals surface area contributed by atoms with Crippen LogP contribution in [0, 0.1) is 0 Å². The lowest BCUT2D eigenvalue weighted by molar-refractivity contribution is -0.142. The van der Waals surface area contributed by atoms with E-state index in [-0.39, 0.29) is 12.0 Å². The molecule has 0 heterocycles. The highest BCUT2D eigenvalue weighted by atomic mass is 16.5. The van der Waals surface area contributed by atoms with Crippen LogP contribution < -0.4 is 9.47 Å². The molecule has 0 atom stereocenters. The number of ether oxygens (including phenoxy) is 3. The van der Waals surface area contributed by atoms with E-state index < -0.39 is 11.9 Å². The molecule has 108 valence electrons. The Bertz CT molecular complexity index is 510. The molecule has 1 aromatic carbocycles. The molecule has 0 bridgehead atoms. The zero-order chi connectivity index (χ0) is 15.1. The maximum Gasteiger partial charge on any atom is 0.332 e. The van der Waals surface area contributed by atoms with Crippen molar-refractivity contribution in [1.29, 1.82) is 0 Å². The first kappa shape index (κ1) is 15.6. The highest BCUT2D eigenvalue weighted by molar-refractivity contribution is 5.97. The van der Waals surface area contributed by atoms with Crippen LogP contribution in [0.15, 0.2) is 23.8 Å². The number of esters is 1. The van der Waals surface area contributed by atoms with Gasteiger partial charge in [0.15, 0.2) is 0 Å². The van der Waals surface area contributed by atoms with Crippen molar-refractivity contribution in [2.24, 2.45) is 0 Å². The van der Waals surface area contributed by atoms with Gasteiger partial charge in [0.1, 0.15) is 11.5 Å². The molecule has 0 saturated carbocycles. The van der Waals surface area contributed by atoms with Crippen molar-refractivity contribution in [3.8, 4) is 11.5 Å². The van der Waals surface area contributed by atoms with Crippen molar-refractivity contribution in [3.63, 3.8) is 0 Å². The van der Waals surface area contributed by atoms with Crippen molar-refractivity contribution in [2.75, 3.05) is 21.3 Å². The van der Waals surface area contributed by atoms with Gasteiger partial charge in [-0.05, 0) is 23.8 Å². The van der Waals surface area contributed by atoms with E-state index in [1.165, 1.54) is 27.4 Å². The Labute approximate surface area is 116 Å². The van der Waals surface area contributed by atoms with Crippen molar-refractivity contribution in [1.82, 2.24) is 0 Å². The molecule has 0 aliphatic carbocycles. The molecule has 0 radical (unpaired) electrons. The smallest absolute Gasteiger partial charge is 0.332 e. The lowest BCUT2D eigenvalue weighted by Gasteiger charge is -2.07. The molecule has 1 N–H and O–H groups in total. The number of methoxy groups -OCH3 is 3. The van der Waals surface area contributed by atoms with Crippen LogP contribution in [0.5, 0.6) is 11.5 Å². The summed E-state index contributed by atoms with van der Waals surface area (Å²) in [6, 6.07) is 4.95. The van der Waals surface area contributed by atoms with Gasteiger partial charge in [0.25, 0.3) is 0 Å². The molecule has 0 aromatic heterocycles. The van der Waals surface area contributed by atoms with Crippen LogP contribution in [0.25, 0.3) is 6.08 Å². The molecule has 6 nitrogen and oxygen atoms in total. The number of hydrogen-bond donors (Lipinski definition) is 1. The largest absolute Gasteiger partial charge is 0.497 e. The number of aliphatic carboxylic acids is 1. The first-order valence-corrected chi connectivity index (χ1v) is 5.74. The van der Waals surface area contributed by atoms with Gasteiger partial charge in [-0.25, -0.2) is 4.79 Å². The third-order valence-electron chi connectivity index (χ3n) is 2.55. The van der Waals surface area contributed by atoms with Gasteiger partial charge < -0.3 is 19.3 Å². The summed E-state index contributed by atoms with van der Waals surface area (Å²) in [6.07, 6.45) is 1.07. The van der Waals surface area contributed by atoms with Gasteiger partial charge in [0, 0.05) is 11.6 Å². The highest BCUT2D eigenvalue weighted by Gasteiger charge is 2.13. The average molecular weight is 280 g/mol. The third-order valence-corrected chi connectivity index (χ3v) is 2.55. The van der Waals surface area contributed by atoms with Gasteiger partial charge >= 0.3 is 11.9 Å². The summed E-state index contributed by atoms with van der Waals surface area (Å²) in [5.41, 5.74) is 0.481. The number of carboxylic acids is 1. The van der Waals surface area contributed by atoms with E-state index in [1.54, 1.807) is 18.2 Å². The lowest BCUT2D eigenvalue weighted by atomic mass is 10.1. The summed E-state index contributed by atoms with van der Waals surface area (Å²) in [6.45, 7) is 0. The van der Waals surface area contributed by atoms with Crippen molar-refractivity contribution in [2.45, 2.75) is 6.42 Å². The van der Waals surface area contributed by atoms with Gasteiger partial charge in [0.05, 0.1) is 27.8 Å². The molecule has 1 aromatic rings. The van der Waals surface area contributed by atoms with Crippen molar-refractivity contribution >= 4 is 18.0 Å². The second-order valence-electron chi connectivity index (χ2n) is 3.87. The van der Waals surface area contributed by atoms with Crippen molar-refractivity contribution < 1.29 is 28.9 Å². The first-order chi connectivity index (χ1) is 9.49. The van der Waals surface area contributed by atoms with E-state index >= 15 is 0 Å². The molecule has 0 aliphatic heterocycles. The Morgan fingerprint density at radius 1 is 1.10 bits per heavy atom. The number of carbonyl (C=O) groups is 2. The molecule has 6 heteroatoms. The monoisotopic (exact) mass is 280 g/mol. The fourth-order valence-corrected chi connectivity index (χ4v) is 1.53. The summed E-state index contributed by atoms with van der Waals surface area (Å²) < 4.78 is 14.7. The number of carbonyl (C=O) groups excluding carboxylic acids is 1. The lowest BCUT2D eigenvalue weighted by Crippen LogP contribution is -2.08. The van der Waals surface area contributed by atoms with E-state index in [0.717, 1.165) is 0 Å². The van der Waals surface area contributed by atoms with Gasteiger partial charge in [0.2, 0.25) is 0 Å². The van der Waals surface area contributed by atoms with Crippen LogP contribution in [-0.2, 0) is 14.3 Å². The Balaban J connectivity index is 3.15. The first-order valence-electron chi connectivity index (χ1n) is 5.74.